The van der Waals surface area contributed by atoms with Crippen LogP contribution in [0.2, 0.25) is 0 Å². The van der Waals surface area contributed by atoms with Crippen LogP contribution in [0.3, 0.4) is 0 Å². The quantitative estimate of drug-likeness (QED) is 0.825. The Morgan fingerprint density at radius 2 is 2.06 bits per heavy atom. The van der Waals surface area contributed by atoms with Gasteiger partial charge in [0.1, 0.15) is 11.5 Å². The van der Waals surface area contributed by atoms with Crippen molar-refractivity contribution in [2.75, 3.05) is 17.7 Å². The average molecular weight is 231 g/mol. The number of aryl methyl sites for hydroxylation is 2. The zero-order valence-corrected chi connectivity index (χ0v) is 10.4. The van der Waals surface area contributed by atoms with Gasteiger partial charge in [-0.2, -0.15) is 0 Å². The highest BCUT2D eigenvalue weighted by molar-refractivity contribution is 5.57. The Labute approximate surface area is 101 Å². The van der Waals surface area contributed by atoms with Crippen molar-refractivity contribution in [1.82, 2.24) is 5.16 Å². The Morgan fingerprint density at radius 3 is 2.65 bits per heavy atom. The molecular formula is C13H17N3O. The van der Waals surface area contributed by atoms with E-state index in [1.807, 2.05) is 39.1 Å². The number of anilines is 2. The predicted molar refractivity (Wildman–Crippen MR) is 68.9 cm³/mol. The zero-order valence-electron chi connectivity index (χ0n) is 10.4. The SMILES string of the molecule is Cc1cc(CN(C)c2ccc(N)c(C)c2)no1. The van der Waals surface area contributed by atoms with Gasteiger partial charge in [-0.1, -0.05) is 5.16 Å². The normalized spacial score (nSPS) is 10.5. The molecule has 2 rings (SSSR count). The minimum Gasteiger partial charge on any atom is -0.399 e. The summed E-state index contributed by atoms with van der Waals surface area (Å²) in [7, 11) is 2.02. The van der Waals surface area contributed by atoms with E-state index in [0.29, 0.717) is 0 Å². The van der Waals surface area contributed by atoms with E-state index in [9.17, 15) is 0 Å². The Kier molecular flexibility index (Phi) is 3.04. The fourth-order valence-electron chi connectivity index (χ4n) is 1.72. The van der Waals surface area contributed by atoms with Crippen molar-refractivity contribution < 1.29 is 4.52 Å². The van der Waals surface area contributed by atoms with Crippen molar-refractivity contribution in [2.45, 2.75) is 20.4 Å². The third kappa shape index (κ3) is 2.58. The molecular weight excluding hydrogens is 214 g/mol. The van der Waals surface area contributed by atoms with Crippen molar-refractivity contribution in [3.05, 3.63) is 41.3 Å². The molecule has 0 fully saturated rings. The van der Waals surface area contributed by atoms with Gasteiger partial charge < -0.3 is 15.2 Å². The number of hydrogen-bond donors (Lipinski definition) is 1. The topological polar surface area (TPSA) is 55.3 Å². The number of hydrogen-bond acceptors (Lipinski definition) is 4. The molecule has 90 valence electrons. The van der Waals surface area contributed by atoms with Crippen molar-refractivity contribution in [1.29, 1.82) is 0 Å². The second-order valence-corrected chi connectivity index (χ2v) is 4.33. The van der Waals surface area contributed by atoms with Gasteiger partial charge in [0.15, 0.2) is 0 Å². The molecule has 0 atom stereocenters. The van der Waals surface area contributed by atoms with Gasteiger partial charge in [-0.05, 0) is 37.6 Å². The highest BCUT2D eigenvalue weighted by Crippen LogP contribution is 2.20. The Bertz CT molecular complexity index is 519. The molecule has 0 aliphatic heterocycles. The monoisotopic (exact) mass is 231 g/mol. The van der Waals surface area contributed by atoms with Crippen LogP contribution in [0, 0.1) is 13.8 Å². The minimum absolute atomic E-state index is 0.723. The Hall–Kier alpha value is -1.97. The van der Waals surface area contributed by atoms with E-state index < -0.39 is 0 Å². The molecule has 0 radical (unpaired) electrons. The van der Waals surface area contributed by atoms with E-state index in [1.165, 1.54) is 0 Å². The van der Waals surface area contributed by atoms with Gasteiger partial charge in [-0.15, -0.1) is 0 Å². The van der Waals surface area contributed by atoms with E-state index in [0.717, 1.165) is 34.9 Å². The second kappa shape index (κ2) is 4.49. The summed E-state index contributed by atoms with van der Waals surface area (Å²) >= 11 is 0. The molecule has 17 heavy (non-hydrogen) atoms. The van der Waals surface area contributed by atoms with Crippen molar-refractivity contribution in [2.24, 2.45) is 0 Å². The number of aromatic nitrogens is 1. The summed E-state index contributed by atoms with van der Waals surface area (Å²) in [5.74, 6) is 0.835. The Morgan fingerprint density at radius 1 is 1.29 bits per heavy atom. The number of nitrogens with two attached hydrogens (primary N) is 1. The lowest BCUT2D eigenvalue weighted by Gasteiger charge is -2.18. The fourth-order valence-corrected chi connectivity index (χ4v) is 1.72. The molecule has 0 saturated carbocycles. The summed E-state index contributed by atoms with van der Waals surface area (Å²) in [5, 5.41) is 3.98. The van der Waals surface area contributed by atoms with Crippen LogP contribution < -0.4 is 10.6 Å². The van der Waals surface area contributed by atoms with Gasteiger partial charge in [0, 0.05) is 24.5 Å². The van der Waals surface area contributed by atoms with Gasteiger partial charge in [0.2, 0.25) is 0 Å². The molecule has 0 unspecified atom stereocenters. The molecule has 2 aromatic rings. The number of rotatable bonds is 3. The summed E-state index contributed by atoms with van der Waals surface area (Å²) in [6.45, 7) is 4.62. The zero-order chi connectivity index (χ0) is 12.4. The van der Waals surface area contributed by atoms with Gasteiger partial charge in [-0.25, -0.2) is 0 Å². The van der Waals surface area contributed by atoms with Gasteiger partial charge in [0.05, 0.1) is 6.54 Å². The first-order valence-corrected chi connectivity index (χ1v) is 5.55. The largest absolute Gasteiger partial charge is 0.399 e. The molecule has 0 aliphatic carbocycles. The molecule has 1 heterocycles. The van der Waals surface area contributed by atoms with Crippen LogP contribution in [0.25, 0.3) is 0 Å². The van der Waals surface area contributed by atoms with Crippen LogP contribution in [0.15, 0.2) is 28.8 Å². The summed E-state index contributed by atoms with van der Waals surface area (Å²) in [6.07, 6.45) is 0. The lowest BCUT2D eigenvalue weighted by atomic mass is 10.1. The first-order chi connectivity index (χ1) is 8.06. The fraction of sp³-hybridized carbons (Fsp3) is 0.308. The molecule has 0 amide bonds. The number of benzene rings is 1. The van der Waals surface area contributed by atoms with E-state index in [1.54, 1.807) is 0 Å². The van der Waals surface area contributed by atoms with Gasteiger partial charge in [0.25, 0.3) is 0 Å². The molecule has 0 bridgehead atoms. The second-order valence-electron chi connectivity index (χ2n) is 4.33. The molecule has 1 aromatic heterocycles. The highest BCUT2D eigenvalue weighted by atomic mass is 16.5. The molecule has 1 aromatic carbocycles. The van der Waals surface area contributed by atoms with Gasteiger partial charge in [-0.3, -0.25) is 0 Å². The molecule has 4 heteroatoms. The van der Waals surface area contributed by atoms with E-state index in [2.05, 4.69) is 16.1 Å². The molecule has 4 nitrogen and oxygen atoms in total. The molecule has 2 N–H and O–H groups in total. The first-order valence-electron chi connectivity index (χ1n) is 5.55. The lowest BCUT2D eigenvalue weighted by Crippen LogP contribution is -2.16. The molecule has 0 saturated heterocycles. The first kappa shape index (κ1) is 11.5. The molecule has 0 aliphatic rings. The van der Waals surface area contributed by atoms with Crippen LogP contribution >= 0.6 is 0 Å². The van der Waals surface area contributed by atoms with Crippen LogP contribution in [0.1, 0.15) is 17.0 Å². The molecule has 0 spiro atoms. The predicted octanol–water partition coefficient (Wildman–Crippen LogP) is 2.51. The maximum Gasteiger partial charge on any atom is 0.133 e. The lowest BCUT2D eigenvalue weighted by molar-refractivity contribution is 0.390. The van der Waals surface area contributed by atoms with Gasteiger partial charge >= 0.3 is 0 Å². The van der Waals surface area contributed by atoms with E-state index in [-0.39, 0.29) is 0 Å². The highest BCUT2D eigenvalue weighted by Gasteiger charge is 2.06. The van der Waals surface area contributed by atoms with Crippen LogP contribution in [0.5, 0.6) is 0 Å². The number of nitrogen functional groups attached to an aromatic ring is 1. The third-order valence-corrected chi connectivity index (χ3v) is 2.77. The summed E-state index contributed by atoms with van der Waals surface area (Å²) < 4.78 is 5.05. The average Bonchev–Trinajstić information content (AvgIpc) is 2.68. The Balaban J connectivity index is 2.14. The summed E-state index contributed by atoms with van der Waals surface area (Å²) in [4.78, 5) is 2.11. The van der Waals surface area contributed by atoms with Crippen molar-refractivity contribution >= 4 is 11.4 Å². The summed E-state index contributed by atoms with van der Waals surface area (Å²) in [6, 6.07) is 7.95. The standard InChI is InChI=1S/C13H17N3O/c1-9-6-12(4-5-13(9)14)16(3)8-11-7-10(2)17-15-11/h4-7H,8,14H2,1-3H3. The maximum atomic E-state index is 5.80. The van der Waals surface area contributed by atoms with Crippen LogP contribution in [0.4, 0.5) is 11.4 Å². The van der Waals surface area contributed by atoms with E-state index >= 15 is 0 Å². The van der Waals surface area contributed by atoms with Crippen LogP contribution in [-0.2, 0) is 6.54 Å². The summed E-state index contributed by atoms with van der Waals surface area (Å²) in [5.41, 5.74) is 9.76. The van der Waals surface area contributed by atoms with Crippen molar-refractivity contribution in [3.63, 3.8) is 0 Å². The van der Waals surface area contributed by atoms with Crippen LogP contribution in [-0.4, -0.2) is 12.2 Å². The number of nitrogens with zero attached hydrogens (tertiary/aromatic N) is 2. The third-order valence-electron chi connectivity index (χ3n) is 2.77. The van der Waals surface area contributed by atoms with E-state index in [4.69, 9.17) is 10.3 Å². The minimum atomic E-state index is 0.723. The maximum absolute atomic E-state index is 5.80. The van der Waals surface area contributed by atoms with Crippen molar-refractivity contribution in [3.8, 4) is 0 Å². The smallest absolute Gasteiger partial charge is 0.133 e.